The van der Waals surface area contributed by atoms with Crippen molar-refractivity contribution in [1.82, 2.24) is 4.90 Å². The van der Waals surface area contributed by atoms with Gasteiger partial charge in [0, 0.05) is 12.6 Å². The first-order chi connectivity index (χ1) is 8.70. The van der Waals surface area contributed by atoms with E-state index in [2.05, 4.69) is 32.9 Å². The van der Waals surface area contributed by atoms with Crippen LogP contribution in [0.3, 0.4) is 0 Å². The second-order valence-corrected chi connectivity index (χ2v) is 6.09. The van der Waals surface area contributed by atoms with Gasteiger partial charge in [0.15, 0.2) is 0 Å². The quantitative estimate of drug-likeness (QED) is 0.890. The SMILES string of the molecule is CN(CC(F)F)CC(N)c1ccc(C(C)(C)C)cc1. The van der Waals surface area contributed by atoms with Crippen LogP contribution in [-0.4, -0.2) is 31.5 Å². The highest BCUT2D eigenvalue weighted by atomic mass is 19.3. The van der Waals surface area contributed by atoms with Crippen LogP contribution in [-0.2, 0) is 5.41 Å². The molecule has 0 fully saturated rings. The first-order valence-electron chi connectivity index (χ1n) is 6.53. The molecule has 0 saturated heterocycles. The zero-order valence-electron chi connectivity index (χ0n) is 12.2. The third-order valence-corrected chi connectivity index (χ3v) is 3.16. The van der Waals surface area contributed by atoms with E-state index in [1.807, 2.05) is 12.1 Å². The summed E-state index contributed by atoms with van der Waals surface area (Å²) in [7, 11) is 1.66. The van der Waals surface area contributed by atoms with E-state index in [4.69, 9.17) is 5.73 Å². The molecule has 1 rings (SSSR count). The Hall–Kier alpha value is -1.00. The van der Waals surface area contributed by atoms with Crippen LogP contribution >= 0.6 is 0 Å². The molecule has 19 heavy (non-hydrogen) atoms. The fourth-order valence-corrected chi connectivity index (χ4v) is 1.98. The van der Waals surface area contributed by atoms with Crippen molar-refractivity contribution >= 4 is 0 Å². The van der Waals surface area contributed by atoms with Gasteiger partial charge in [-0.2, -0.15) is 0 Å². The van der Waals surface area contributed by atoms with E-state index in [1.165, 1.54) is 5.56 Å². The molecule has 108 valence electrons. The minimum Gasteiger partial charge on any atom is -0.323 e. The van der Waals surface area contributed by atoms with Crippen LogP contribution in [0.1, 0.15) is 37.9 Å². The molecular weight excluding hydrogens is 246 g/mol. The molecule has 0 saturated carbocycles. The lowest BCUT2D eigenvalue weighted by Gasteiger charge is -2.23. The molecule has 1 unspecified atom stereocenters. The lowest BCUT2D eigenvalue weighted by molar-refractivity contribution is 0.0978. The number of halogens is 2. The molecule has 1 aromatic carbocycles. The van der Waals surface area contributed by atoms with E-state index in [0.29, 0.717) is 6.54 Å². The van der Waals surface area contributed by atoms with Crippen molar-refractivity contribution < 1.29 is 8.78 Å². The zero-order chi connectivity index (χ0) is 14.6. The Balaban J connectivity index is 2.65. The van der Waals surface area contributed by atoms with Crippen molar-refractivity contribution in [2.45, 2.75) is 38.7 Å². The van der Waals surface area contributed by atoms with E-state index in [9.17, 15) is 8.78 Å². The molecule has 0 bridgehead atoms. The minimum atomic E-state index is -2.32. The average Bonchev–Trinajstić information content (AvgIpc) is 2.26. The van der Waals surface area contributed by atoms with Gasteiger partial charge in [-0.3, -0.25) is 4.90 Å². The summed E-state index contributed by atoms with van der Waals surface area (Å²) < 4.78 is 24.5. The maximum atomic E-state index is 12.2. The van der Waals surface area contributed by atoms with Crippen LogP contribution in [0.5, 0.6) is 0 Å². The zero-order valence-corrected chi connectivity index (χ0v) is 12.2. The van der Waals surface area contributed by atoms with Crippen molar-refractivity contribution in [2.24, 2.45) is 5.73 Å². The van der Waals surface area contributed by atoms with Crippen LogP contribution in [0.2, 0.25) is 0 Å². The molecule has 0 aromatic heterocycles. The van der Waals surface area contributed by atoms with Gasteiger partial charge < -0.3 is 5.73 Å². The molecule has 0 spiro atoms. The van der Waals surface area contributed by atoms with Gasteiger partial charge in [-0.05, 0) is 23.6 Å². The second-order valence-electron chi connectivity index (χ2n) is 6.09. The van der Waals surface area contributed by atoms with Gasteiger partial charge in [-0.15, -0.1) is 0 Å². The topological polar surface area (TPSA) is 29.3 Å². The molecule has 2 N–H and O–H groups in total. The molecule has 0 aliphatic carbocycles. The van der Waals surface area contributed by atoms with Crippen LogP contribution in [0, 0.1) is 0 Å². The molecule has 0 heterocycles. The average molecular weight is 270 g/mol. The summed E-state index contributed by atoms with van der Waals surface area (Å²) >= 11 is 0. The Morgan fingerprint density at radius 3 is 2.05 bits per heavy atom. The Kier molecular flexibility index (Phi) is 5.44. The molecule has 1 aromatic rings. The first-order valence-corrected chi connectivity index (χ1v) is 6.53. The van der Waals surface area contributed by atoms with E-state index >= 15 is 0 Å². The van der Waals surface area contributed by atoms with Gasteiger partial charge in [0.25, 0.3) is 6.43 Å². The summed E-state index contributed by atoms with van der Waals surface area (Å²) in [6, 6.07) is 7.85. The summed E-state index contributed by atoms with van der Waals surface area (Å²) in [5, 5.41) is 0. The van der Waals surface area contributed by atoms with E-state index < -0.39 is 6.43 Å². The van der Waals surface area contributed by atoms with Crippen molar-refractivity contribution in [3.63, 3.8) is 0 Å². The molecule has 0 amide bonds. The number of benzene rings is 1. The van der Waals surface area contributed by atoms with Crippen molar-refractivity contribution in [1.29, 1.82) is 0 Å². The van der Waals surface area contributed by atoms with Crippen LogP contribution < -0.4 is 5.73 Å². The summed E-state index contributed by atoms with van der Waals surface area (Å²) in [6.07, 6.45) is -2.32. The maximum absolute atomic E-state index is 12.2. The summed E-state index contributed by atoms with van der Waals surface area (Å²) in [4.78, 5) is 1.56. The van der Waals surface area contributed by atoms with Crippen molar-refractivity contribution in [3.05, 3.63) is 35.4 Å². The lowest BCUT2D eigenvalue weighted by Crippen LogP contribution is -2.32. The smallest absolute Gasteiger partial charge is 0.251 e. The third kappa shape index (κ3) is 5.25. The Morgan fingerprint density at radius 1 is 1.11 bits per heavy atom. The predicted octanol–water partition coefficient (Wildman–Crippen LogP) is 3.18. The summed E-state index contributed by atoms with van der Waals surface area (Å²) in [5.41, 5.74) is 8.37. The number of nitrogens with two attached hydrogens (primary N) is 1. The van der Waals surface area contributed by atoms with Crippen molar-refractivity contribution in [3.8, 4) is 0 Å². The molecule has 0 aliphatic heterocycles. The van der Waals surface area contributed by atoms with E-state index in [-0.39, 0.29) is 18.0 Å². The normalized spacial score (nSPS) is 14.2. The second kappa shape index (κ2) is 6.44. The number of hydrogen-bond donors (Lipinski definition) is 1. The van der Waals surface area contributed by atoms with Crippen LogP contribution in [0.15, 0.2) is 24.3 Å². The van der Waals surface area contributed by atoms with Gasteiger partial charge in [0.2, 0.25) is 0 Å². The molecule has 0 aliphatic rings. The highest BCUT2D eigenvalue weighted by Gasteiger charge is 2.16. The number of rotatable bonds is 5. The number of nitrogens with zero attached hydrogens (tertiary/aromatic N) is 1. The molecule has 2 nitrogen and oxygen atoms in total. The Labute approximate surface area is 114 Å². The highest BCUT2D eigenvalue weighted by molar-refractivity contribution is 5.29. The third-order valence-electron chi connectivity index (χ3n) is 3.16. The molecule has 4 heteroatoms. The monoisotopic (exact) mass is 270 g/mol. The molecular formula is C15H24F2N2. The Morgan fingerprint density at radius 2 is 1.63 bits per heavy atom. The number of alkyl halides is 2. The van der Waals surface area contributed by atoms with Crippen molar-refractivity contribution in [2.75, 3.05) is 20.1 Å². The minimum absolute atomic E-state index is 0.106. The van der Waals surface area contributed by atoms with Crippen LogP contribution in [0.25, 0.3) is 0 Å². The first kappa shape index (κ1) is 16.1. The fourth-order valence-electron chi connectivity index (χ4n) is 1.98. The highest BCUT2D eigenvalue weighted by Crippen LogP contribution is 2.23. The van der Waals surface area contributed by atoms with E-state index in [0.717, 1.165) is 5.56 Å². The molecule has 1 atom stereocenters. The lowest BCUT2D eigenvalue weighted by atomic mass is 9.86. The Bertz CT molecular complexity index is 382. The summed E-state index contributed by atoms with van der Waals surface area (Å²) in [6.45, 7) is 6.64. The van der Waals surface area contributed by atoms with E-state index in [1.54, 1.807) is 11.9 Å². The van der Waals surface area contributed by atoms with Gasteiger partial charge in [0.05, 0.1) is 6.54 Å². The van der Waals surface area contributed by atoms with Gasteiger partial charge in [-0.1, -0.05) is 45.0 Å². The van der Waals surface area contributed by atoms with Gasteiger partial charge >= 0.3 is 0 Å². The van der Waals surface area contributed by atoms with Gasteiger partial charge in [0.1, 0.15) is 0 Å². The molecule has 0 radical (unpaired) electrons. The van der Waals surface area contributed by atoms with Crippen LogP contribution in [0.4, 0.5) is 8.78 Å². The van der Waals surface area contributed by atoms with Gasteiger partial charge in [-0.25, -0.2) is 8.78 Å². The number of hydrogen-bond acceptors (Lipinski definition) is 2. The predicted molar refractivity (Wildman–Crippen MR) is 75.6 cm³/mol. The summed E-state index contributed by atoms with van der Waals surface area (Å²) in [5.74, 6) is 0. The maximum Gasteiger partial charge on any atom is 0.251 e. The number of likely N-dealkylation sites (N-methyl/N-ethyl adjacent to an activating group) is 1. The fraction of sp³-hybridized carbons (Fsp3) is 0.600. The largest absolute Gasteiger partial charge is 0.323 e. The standard InChI is InChI=1S/C15H24F2N2/c1-15(2,3)12-7-5-11(6-8-12)13(18)9-19(4)10-14(16)17/h5-8,13-14H,9-10,18H2,1-4H3.